The predicted molar refractivity (Wildman–Crippen MR) is 115 cm³/mol. The number of pyridine rings is 1. The van der Waals surface area contributed by atoms with Gasteiger partial charge in [-0.05, 0) is 43.2 Å². The minimum absolute atomic E-state index is 0.0824. The molecule has 0 bridgehead atoms. The van der Waals surface area contributed by atoms with Gasteiger partial charge in [-0.3, -0.25) is 14.6 Å². The number of fused-ring (bicyclic) bond motifs is 3. The molecule has 0 radical (unpaired) electrons. The van der Waals surface area contributed by atoms with Crippen molar-refractivity contribution in [3.8, 4) is 0 Å². The van der Waals surface area contributed by atoms with Crippen LogP contribution in [-0.2, 0) is 24.2 Å². The lowest BCUT2D eigenvalue weighted by Crippen LogP contribution is -2.41. The lowest BCUT2D eigenvalue weighted by molar-refractivity contribution is -0.139. The topological polar surface area (TPSA) is 78.1 Å². The van der Waals surface area contributed by atoms with Crippen LogP contribution >= 0.6 is 0 Å². The maximum absolute atomic E-state index is 12.7. The highest BCUT2D eigenvalue weighted by atomic mass is 16.2. The van der Waals surface area contributed by atoms with Gasteiger partial charge in [0.15, 0.2) is 0 Å². The Balaban J connectivity index is 1.30. The molecule has 154 valence electrons. The van der Waals surface area contributed by atoms with Crippen molar-refractivity contribution in [3.05, 3.63) is 65.1 Å². The Hall–Kier alpha value is -3.15. The van der Waals surface area contributed by atoms with Crippen molar-refractivity contribution in [2.24, 2.45) is 5.92 Å². The third kappa shape index (κ3) is 3.58. The second-order valence-electron chi connectivity index (χ2n) is 8.31. The van der Waals surface area contributed by atoms with E-state index in [9.17, 15) is 9.59 Å². The second kappa shape index (κ2) is 7.94. The minimum Gasteiger partial charge on any atom is -0.358 e. The lowest BCUT2D eigenvalue weighted by atomic mass is 9.84. The van der Waals surface area contributed by atoms with Gasteiger partial charge in [-0.15, -0.1) is 0 Å². The zero-order valence-electron chi connectivity index (χ0n) is 17.0. The summed E-state index contributed by atoms with van der Waals surface area (Å²) in [7, 11) is 0. The molecule has 30 heavy (non-hydrogen) atoms. The average Bonchev–Trinajstić information content (AvgIpc) is 3.10. The minimum atomic E-state index is -0.0824. The molecule has 0 saturated heterocycles. The number of nitrogens with zero attached hydrogens (tertiary/aromatic N) is 2. The number of aromatic nitrogens is 2. The van der Waals surface area contributed by atoms with E-state index in [0.29, 0.717) is 31.0 Å². The van der Waals surface area contributed by atoms with Crippen LogP contribution in [0.2, 0.25) is 0 Å². The molecule has 2 N–H and O–H groups in total. The molecule has 2 aromatic heterocycles. The molecular weight excluding hydrogens is 376 g/mol. The van der Waals surface area contributed by atoms with Crippen LogP contribution in [0.5, 0.6) is 0 Å². The summed E-state index contributed by atoms with van der Waals surface area (Å²) >= 11 is 0. The van der Waals surface area contributed by atoms with Gasteiger partial charge in [0.2, 0.25) is 5.91 Å². The van der Waals surface area contributed by atoms with E-state index in [1.54, 1.807) is 6.20 Å². The Morgan fingerprint density at radius 3 is 2.87 bits per heavy atom. The van der Waals surface area contributed by atoms with E-state index in [1.807, 2.05) is 41.3 Å². The van der Waals surface area contributed by atoms with E-state index >= 15 is 0 Å². The molecule has 1 saturated carbocycles. The molecule has 3 aromatic rings. The molecule has 2 aliphatic rings. The first-order valence-electron chi connectivity index (χ1n) is 10.8. The third-order valence-corrected chi connectivity index (χ3v) is 6.40. The summed E-state index contributed by atoms with van der Waals surface area (Å²) in [5.41, 5.74) is 4.99. The van der Waals surface area contributed by atoms with E-state index < -0.39 is 0 Å². The van der Waals surface area contributed by atoms with Crippen molar-refractivity contribution in [3.63, 3.8) is 0 Å². The fraction of sp³-hybridized carbons (Fsp3) is 0.375. The standard InChI is InChI=1S/C24H26N4O2/c29-23(26-12-9-18-6-1-2-11-25-18)17-7-8-21-19(14-17)20-15-28(13-10-22(20)27-21)24(30)16-4-3-5-16/h1-2,6-8,11,14,16,27H,3-5,9-10,12-13,15H2,(H,26,29). The normalized spacial score (nSPS) is 16.2. The fourth-order valence-corrected chi connectivity index (χ4v) is 4.41. The summed E-state index contributed by atoms with van der Waals surface area (Å²) in [5, 5.41) is 4.04. The number of H-pyrrole nitrogens is 1. The highest BCUT2D eigenvalue weighted by Gasteiger charge is 2.32. The number of benzene rings is 1. The van der Waals surface area contributed by atoms with E-state index in [4.69, 9.17) is 0 Å². The lowest BCUT2D eigenvalue weighted by Gasteiger charge is -2.34. The Morgan fingerprint density at radius 2 is 2.10 bits per heavy atom. The molecule has 0 spiro atoms. The van der Waals surface area contributed by atoms with E-state index in [0.717, 1.165) is 48.0 Å². The molecular formula is C24H26N4O2. The van der Waals surface area contributed by atoms with Crippen molar-refractivity contribution >= 4 is 22.7 Å². The van der Waals surface area contributed by atoms with Crippen LogP contribution in [-0.4, -0.2) is 39.8 Å². The van der Waals surface area contributed by atoms with Gasteiger partial charge in [-0.2, -0.15) is 0 Å². The molecule has 0 unspecified atom stereocenters. The first-order valence-corrected chi connectivity index (χ1v) is 10.8. The number of nitrogens with one attached hydrogen (secondary N) is 2. The van der Waals surface area contributed by atoms with Gasteiger partial charge < -0.3 is 15.2 Å². The molecule has 1 aliphatic carbocycles. The SMILES string of the molecule is O=C(NCCc1ccccn1)c1ccc2[nH]c3c(c2c1)CN(C(=O)C1CCC1)CC3. The Labute approximate surface area is 175 Å². The maximum atomic E-state index is 12.7. The third-order valence-electron chi connectivity index (χ3n) is 6.40. The van der Waals surface area contributed by atoms with E-state index in [2.05, 4.69) is 15.3 Å². The summed E-state index contributed by atoms with van der Waals surface area (Å²) in [6, 6.07) is 11.6. The van der Waals surface area contributed by atoms with Crippen molar-refractivity contribution in [2.45, 2.75) is 38.6 Å². The van der Waals surface area contributed by atoms with Gasteiger partial charge in [-0.1, -0.05) is 12.5 Å². The average molecular weight is 402 g/mol. The van der Waals surface area contributed by atoms with E-state index in [1.165, 1.54) is 12.1 Å². The molecule has 6 nitrogen and oxygen atoms in total. The maximum Gasteiger partial charge on any atom is 0.251 e. The van der Waals surface area contributed by atoms with Crippen LogP contribution < -0.4 is 5.32 Å². The van der Waals surface area contributed by atoms with Gasteiger partial charge in [0.25, 0.3) is 5.91 Å². The van der Waals surface area contributed by atoms with Gasteiger partial charge in [0.1, 0.15) is 0 Å². The quantitative estimate of drug-likeness (QED) is 0.688. The highest BCUT2D eigenvalue weighted by molar-refractivity contribution is 5.99. The van der Waals surface area contributed by atoms with Gasteiger partial charge in [0, 0.05) is 78.0 Å². The van der Waals surface area contributed by atoms with Gasteiger partial charge in [0.05, 0.1) is 0 Å². The summed E-state index contributed by atoms with van der Waals surface area (Å²) < 4.78 is 0. The summed E-state index contributed by atoms with van der Waals surface area (Å²) in [6.45, 7) is 1.95. The second-order valence-corrected chi connectivity index (χ2v) is 8.31. The smallest absolute Gasteiger partial charge is 0.251 e. The Morgan fingerprint density at radius 1 is 1.20 bits per heavy atom. The zero-order valence-corrected chi connectivity index (χ0v) is 17.0. The number of amides is 2. The number of carbonyl (C=O) groups is 2. The van der Waals surface area contributed by atoms with Crippen molar-refractivity contribution in [1.82, 2.24) is 20.2 Å². The van der Waals surface area contributed by atoms with Crippen LogP contribution in [0.1, 0.15) is 46.6 Å². The van der Waals surface area contributed by atoms with Crippen LogP contribution in [0.4, 0.5) is 0 Å². The van der Waals surface area contributed by atoms with Crippen LogP contribution in [0, 0.1) is 5.92 Å². The number of hydrogen-bond donors (Lipinski definition) is 2. The molecule has 1 aromatic carbocycles. The van der Waals surface area contributed by atoms with Crippen LogP contribution in [0.15, 0.2) is 42.6 Å². The van der Waals surface area contributed by atoms with Gasteiger partial charge >= 0.3 is 0 Å². The first kappa shape index (κ1) is 18.9. The molecule has 0 atom stereocenters. The van der Waals surface area contributed by atoms with Gasteiger partial charge in [-0.25, -0.2) is 0 Å². The summed E-state index contributed by atoms with van der Waals surface area (Å²) in [4.78, 5) is 35.1. The van der Waals surface area contributed by atoms with Crippen molar-refractivity contribution in [2.75, 3.05) is 13.1 Å². The fourth-order valence-electron chi connectivity index (χ4n) is 4.41. The molecule has 6 heteroatoms. The molecule has 1 fully saturated rings. The van der Waals surface area contributed by atoms with Crippen LogP contribution in [0.3, 0.4) is 0 Å². The summed E-state index contributed by atoms with van der Waals surface area (Å²) in [5.74, 6) is 0.433. The van der Waals surface area contributed by atoms with Crippen molar-refractivity contribution < 1.29 is 9.59 Å². The highest BCUT2D eigenvalue weighted by Crippen LogP contribution is 2.33. The summed E-state index contributed by atoms with van der Waals surface area (Å²) in [6.07, 6.45) is 6.53. The molecule has 5 rings (SSSR count). The van der Waals surface area contributed by atoms with E-state index in [-0.39, 0.29) is 11.8 Å². The largest absolute Gasteiger partial charge is 0.358 e. The molecule has 2 amide bonds. The number of rotatable bonds is 5. The molecule has 1 aliphatic heterocycles. The number of hydrogen-bond acceptors (Lipinski definition) is 3. The predicted octanol–water partition coefficient (Wildman–Crippen LogP) is 3.22. The van der Waals surface area contributed by atoms with Crippen molar-refractivity contribution in [1.29, 1.82) is 0 Å². The monoisotopic (exact) mass is 402 g/mol. The Bertz CT molecular complexity index is 1090. The van der Waals surface area contributed by atoms with Crippen LogP contribution in [0.25, 0.3) is 10.9 Å². The number of aromatic amines is 1. The Kier molecular flexibility index (Phi) is 4.99. The zero-order chi connectivity index (χ0) is 20.5. The number of carbonyl (C=O) groups excluding carboxylic acids is 2. The molecule has 3 heterocycles. The first-order chi connectivity index (χ1) is 14.7.